The van der Waals surface area contributed by atoms with Crippen molar-refractivity contribution in [3.63, 3.8) is 0 Å². The van der Waals surface area contributed by atoms with Crippen LogP contribution in [-0.2, 0) is 0 Å². The van der Waals surface area contributed by atoms with Crippen molar-refractivity contribution in [1.82, 2.24) is 19.9 Å². The molecule has 2 rings (SSSR count). The fourth-order valence-corrected chi connectivity index (χ4v) is 1.44. The molecule has 10 heteroatoms. The van der Waals surface area contributed by atoms with E-state index in [4.69, 9.17) is 39.3 Å². The van der Waals surface area contributed by atoms with Gasteiger partial charge in [0.05, 0.1) is 6.61 Å². The lowest BCUT2D eigenvalue weighted by atomic mass is 10.2. The molecule has 9 nitrogen and oxygen atoms in total. The van der Waals surface area contributed by atoms with Crippen LogP contribution < -0.4 is 27.7 Å². The summed E-state index contributed by atoms with van der Waals surface area (Å²) in [5.74, 6) is 1.72. The first-order chi connectivity index (χ1) is 10.3. The number of hydrogen-bond acceptors (Lipinski definition) is 9. The van der Waals surface area contributed by atoms with Gasteiger partial charge in [-0.05, 0) is 5.92 Å². The highest BCUT2D eigenvalue weighted by Crippen LogP contribution is 2.12. The second kappa shape index (κ2) is 8.03. The van der Waals surface area contributed by atoms with Gasteiger partial charge in [0.15, 0.2) is 0 Å². The van der Waals surface area contributed by atoms with Crippen molar-refractivity contribution >= 4 is 35.1 Å². The van der Waals surface area contributed by atoms with Gasteiger partial charge in [0.1, 0.15) is 16.8 Å². The topological polar surface area (TPSA) is 165 Å². The molecule has 120 valence electrons. The third-order valence-corrected chi connectivity index (χ3v) is 2.23. The third-order valence-electron chi connectivity index (χ3n) is 2.04. The van der Waals surface area contributed by atoms with Crippen molar-refractivity contribution in [2.45, 2.75) is 13.8 Å². The standard InChI is InChI=1S/C8H14N4O.C4H5ClN4/c1-5(2)4-13-7-3-6(9)11-8(10)12-7;5-2-1-3(6)9-4(7)8-2/h3,5H,4H2,1-2H3,(H4,9,10,11,12);1H,(H4,6,7,8,9). The molecule has 0 radical (unpaired) electrons. The summed E-state index contributed by atoms with van der Waals surface area (Å²) in [5, 5.41) is 0.264. The normalized spacial score (nSPS) is 10.0. The summed E-state index contributed by atoms with van der Waals surface area (Å²) in [4.78, 5) is 14.8. The highest BCUT2D eigenvalue weighted by atomic mass is 35.5. The van der Waals surface area contributed by atoms with Crippen LogP contribution in [0, 0.1) is 5.92 Å². The van der Waals surface area contributed by atoms with Gasteiger partial charge in [-0.2, -0.15) is 15.0 Å². The molecule has 2 aromatic heterocycles. The Kier molecular flexibility index (Phi) is 6.39. The van der Waals surface area contributed by atoms with E-state index in [1.165, 1.54) is 6.07 Å². The molecular weight excluding hydrogens is 308 g/mol. The average Bonchev–Trinajstić information content (AvgIpc) is 2.34. The molecule has 8 N–H and O–H groups in total. The van der Waals surface area contributed by atoms with Gasteiger partial charge >= 0.3 is 0 Å². The molecule has 0 aliphatic carbocycles. The number of nitrogens with zero attached hydrogens (tertiary/aromatic N) is 4. The lowest BCUT2D eigenvalue weighted by molar-refractivity contribution is 0.261. The van der Waals surface area contributed by atoms with Crippen LogP contribution in [0.3, 0.4) is 0 Å². The third kappa shape index (κ3) is 6.75. The van der Waals surface area contributed by atoms with Gasteiger partial charge < -0.3 is 27.7 Å². The van der Waals surface area contributed by atoms with E-state index in [2.05, 4.69) is 19.9 Å². The van der Waals surface area contributed by atoms with Gasteiger partial charge in [-0.3, -0.25) is 0 Å². The zero-order chi connectivity index (χ0) is 16.7. The van der Waals surface area contributed by atoms with Crippen LogP contribution in [0.1, 0.15) is 13.8 Å². The summed E-state index contributed by atoms with van der Waals surface area (Å²) in [6, 6.07) is 2.98. The average molecular weight is 327 g/mol. The number of rotatable bonds is 3. The molecule has 0 spiro atoms. The van der Waals surface area contributed by atoms with Crippen LogP contribution in [0.4, 0.5) is 23.5 Å². The maximum atomic E-state index is 5.45. The van der Waals surface area contributed by atoms with E-state index >= 15 is 0 Å². The maximum absolute atomic E-state index is 5.45. The smallest absolute Gasteiger partial charge is 0.225 e. The molecule has 0 saturated carbocycles. The molecule has 0 fully saturated rings. The summed E-state index contributed by atoms with van der Waals surface area (Å²) in [6.45, 7) is 4.69. The van der Waals surface area contributed by atoms with Crippen molar-refractivity contribution in [1.29, 1.82) is 0 Å². The summed E-state index contributed by atoms with van der Waals surface area (Å²) >= 11 is 5.44. The largest absolute Gasteiger partial charge is 0.477 e. The van der Waals surface area contributed by atoms with E-state index < -0.39 is 0 Å². The van der Waals surface area contributed by atoms with E-state index in [0.29, 0.717) is 24.2 Å². The molecule has 0 aliphatic rings. The first-order valence-electron chi connectivity index (χ1n) is 6.34. The Morgan fingerprint density at radius 3 is 1.95 bits per heavy atom. The quantitative estimate of drug-likeness (QED) is 0.601. The minimum Gasteiger partial charge on any atom is -0.477 e. The van der Waals surface area contributed by atoms with Crippen LogP contribution in [0.2, 0.25) is 5.15 Å². The number of hydrogen-bond donors (Lipinski definition) is 4. The van der Waals surface area contributed by atoms with E-state index in [1.807, 2.05) is 13.8 Å². The Balaban J connectivity index is 0.000000235. The van der Waals surface area contributed by atoms with Gasteiger partial charge in [-0.1, -0.05) is 25.4 Å². The second-order valence-corrected chi connectivity index (χ2v) is 5.06. The monoisotopic (exact) mass is 326 g/mol. The van der Waals surface area contributed by atoms with Crippen LogP contribution in [0.25, 0.3) is 0 Å². The van der Waals surface area contributed by atoms with E-state index in [-0.39, 0.29) is 22.9 Å². The second-order valence-electron chi connectivity index (χ2n) is 4.67. The molecule has 0 aromatic carbocycles. The lowest BCUT2D eigenvalue weighted by Gasteiger charge is -2.07. The fourth-order valence-electron chi connectivity index (χ4n) is 1.24. The number of anilines is 4. The molecule has 2 aromatic rings. The summed E-state index contributed by atoms with van der Waals surface area (Å²) in [5.41, 5.74) is 21.3. The molecule has 0 amide bonds. The Hall–Kier alpha value is -2.55. The molecule has 0 bridgehead atoms. The van der Waals surface area contributed by atoms with Crippen molar-refractivity contribution in [3.8, 4) is 5.88 Å². The van der Waals surface area contributed by atoms with Crippen molar-refractivity contribution < 1.29 is 4.74 Å². The maximum Gasteiger partial charge on any atom is 0.225 e. The Morgan fingerprint density at radius 2 is 1.50 bits per heavy atom. The first-order valence-corrected chi connectivity index (χ1v) is 6.72. The predicted molar refractivity (Wildman–Crippen MR) is 87.1 cm³/mol. The van der Waals surface area contributed by atoms with E-state index in [0.717, 1.165) is 0 Å². The molecule has 0 atom stereocenters. The molecule has 0 aliphatic heterocycles. The minimum atomic E-state index is 0.0972. The Morgan fingerprint density at radius 1 is 0.955 bits per heavy atom. The van der Waals surface area contributed by atoms with Crippen LogP contribution >= 0.6 is 11.6 Å². The van der Waals surface area contributed by atoms with Crippen molar-refractivity contribution in [3.05, 3.63) is 17.3 Å². The van der Waals surface area contributed by atoms with Gasteiger partial charge in [0, 0.05) is 12.1 Å². The SMILES string of the molecule is CC(C)COc1cc(N)nc(N)n1.Nc1cc(Cl)nc(N)n1. The van der Waals surface area contributed by atoms with E-state index in [1.54, 1.807) is 6.07 Å². The molecular formula is C12H19ClN8O. The fraction of sp³-hybridized carbons (Fsp3) is 0.333. The molecule has 2 heterocycles. The number of ether oxygens (including phenoxy) is 1. The van der Waals surface area contributed by atoms with Crippen molar-refractivity contribution in [2.24, 2.45) is 5.92 Å². The summed E-state index contributed by atoms with van der Waals surface area (Å²) < 4.78 is 5.32. The summed E-state index contributed by atoms with van der Waals surface area (Å²) in [7, 11) is 0. The van der Waals surface area contributed by atoms with Crippen LogP contribution in [0.5, 0.6) is 5.88 Å². The zero-order valence-corrected chi connectivity index (χ0v) is 13.1. The van der Waals surface area contributed by atoms with Gasteiger partial charge in [0.2, 0.25) is 17.8 Å². The lowest BCUT2D eigenvalue weighted by Crippen LogP contribution is -2.08. The predicted octanol–water partition coefficient (Wildman–Crippen LogP) is 0.970. The highest BCUT2D eigenvalue weighted by Gasteiger charge is 2.01. The molecule has 0 unspecified atom stereocenters. The number of aromatic nitrogens is 4. The van der Waals surface area contributed by atoms with Gasteiger partial charge in [-0.25, -0.2) is 4.98 Å². The Labute approximate surface area is 133 Å². The number of nitrogen functional groups attached to an aromatic ring is 4. The first kappa shape index (κ1) is 17.5. The number of halogens is 1. The van der Waals surface area contributed by atoms with Gasteiger partial charge in [0.25, 0.3) is 0 Å². The summed E-state index contributed by atoms with van der Waals surface area (Å²) in [6.07, 6.45) is 0. The van der Waals surface area contributed by atoms with Crippen LogP contribution in [0.15, 0.2) is 12.1 Å². The van der Waals surface area contributed by atoms with Crippen LogP contribution in [-0.4, -0.2) is 26.5 Å². The minimum absolute atomic E-state index is 0.0972. The van der Waals surface area contributed by atoms with E-state index in [9.17, 15) is 0 Å². The van der Waals surface area contributed by atoms with Crippen molar-refractivity contribution in [2.75, 3.05) is 29.5 Å². The highest BCUT2D eigenvalue weighted by molar-refractivity contribution is 6.29. The zero-order valence-electron chi connectivity index (χ0n) is 12.3. The Bertz CT molecular complexity index is 551. The number of nitrogens with two attached hydrogens (primary N) is 4. The van der Waals surface area contributed by atoms with Gasteiger partial charge in [-0.15, -0.1) is 0 Å². The molecule has 22 heavy (non-hydrogen) atoms. The molecule has 0 saturated heterocycles.